The van der Waals surface area contributed by atoms with Gasteiger partial charge in [0.15, 0.2) is 5.65 Å². The average molecular weight is 351 g/mol. The maximum atomic E-state index is 6.25. The first-order valence-electron chi connectivity index (χ1n) is 8.68. The Morgan fingerprint density at radius 1 is 1.12 bits per heavy atom. The summed E-state index contributed by atoms with van der Waals surface area (Å²) in [5, 5.41) is 5.65. The van der Waals surface area contributed by atoms with Crippen LogP contribution in [-0.2, 0) is 0 Å². The van der Waals surface area contributed by atoms with Gasteiger partial charge in [0, 0.05) is 0 Å². The average Bonchev–Trinajstić information content (AvgIpc) is 3.22. The number of benzene rings is 1. The summed E-state index contributed by atoms with van der Waals surface area (Å²) in [7, 11) is 0. The topological polar surface area (TPSA) is 69.6 Å². The van der Waals surface area contributed by atoms with E-state index in [9.17, 15) is 0 Å². The Morgan fingerprint density at radius 2 is 1.80 bits per heavy atom. The minimum Gasteiger partial charge on any atom is -0.383 e. The van der Waals surface area contributed by atoms with Crippen LogP contribution in [0, 0.1) is 13.8 Å². The molecule has 1 aliphatic rings. The molecule has 1 saturated carbocycles. The Balaban J connectivity index is 1.91. The predicted octanol–water partition coefficient (Wildman–Crippen LogP) is 3.91. The van der Waals surface area contributed by atoms with Gasteiger partial charge in [0.2, 0.25) is 0 Å². The minimum absolute atomic E-state index is 0.366. The Kier molecular flexibility index (Phi) is 4.00. The molecule has 0 saturated heterocycles. The van der Waals surface area contributed by atoms with Gasteiger partial charge in [0.25, 0.3) is 0 Å². The van der Waals surface area contributed by atoms with E-state index in [1.54, 1.807) is 0 Å². The van der Waals surface area contributed by atoms with E-state index in [4.69, 9.17) is 23.1 Å². The van der Waals surface area contributed by atoms with Crippen molar-refractivity contribution in [1.29, 1.82) is 0 Å². The van der Waals surface area contributed by atoms with Gasteiger partial charge in [-0.05, 0) is 32.3 Å². The molecule has 0 aliphatic heterocycles. The number of aromatic nitrogens is 4. The summed E-state index contributed by atoms with van der Waals surface area (Å²) in [6.45, 7) is 3.92. The van der Waals surface area contributed by atoms with Crippen molar-refractivity contribution >= 4 is 33.9 Å². The van der Waals surface area contributed by atoms with Crippen molar-refractivity contribution in [2.24, 2.45) is 0 Å². The van der Waals surface area contributed by atoms with E-state index in [1.807, 2.05) is 23.7 Å². The van der Waals surface area contributed by atoms with Crippen LogP contribution in [0.2, 0.25) is 0 Å². The van der Waals surface area contributed by atoms with Gasteiger partial charge in [-0.2, -0.15) is 5.10 Å². The quantitative estimate of drug-likeness (QED) is 0.572. The molecule has 0 bridgehead atoms. The Hall–Kier alpha value is -2.34. The summed E-state index contributed by atoms with van der Waals surface area (Å²) < 4.78 is 2.03. The van der Waals surface area contributed by atoms with E-state index < -0.39 is 0 Å². The highest BCUT2D eigenvalue weighted by molar-refractivity contribution is 7.81. The zero-order valence-electron chi connectivity index (χ0n) is 14.5. The Morgan fingerprint density at radius 3 is 2.48 bits per heavy atom. The molecule has 0 radical (unpaired) electrons. The lowest BCUT2D eigenvalue weighted by Crippen LogP contribution is -2.09. The fourth-order valence-corrected chi connectivity index (χ4v) is 3.86. The summed E-state index contributed by atoms with van der Waals surface area (Å²) in [6.07, 6.45) is 4.69. The Bertz CT molecular complexity index is 952. The molecule has 1 aliphatic carbocycles. The molecule has 1 fully saturated rings. The summed E-state index contributed by atoms with van der Waals surface area (Å²) in [5.41, 5.74) is 9.94. The van der Waals surface area contributed by atoms with Crippen LogP contribution in [0.25, 0.3) is 11.0 Å². The van der Waals surface area contributed by atoms with Crippen LogP contribution >= 0.6 is 12.2 Å². The Labute approximate surface area is 152 Å². The number of nitrogens with zero attached hydrogens (tertiary/aromatic N) is 4. The van der Waals surface area contributed by atoms with Crippen molar-refractivity contribution in [3.63, 3.8) is 0 Å². The molecule has 5 nitrogen and oxygen atoms in total. The van der Waals surface area contributed by atoms with Gasteiger partial charge in [0.05, 0.1) is 16.3 Å². The maximum Gasteiger partial charge on any atom is 0.164 e. The normalized spacial score (nSPS) is 15.1. The molecule has 0 atom stereocenters. The number of fused-ring (bicyclic) bond motifs is 1. The highest BCUT2D eigenvalue weighted by atomic mass is 32.1. The summed E-state index contributed by atoms with van der Waals surface area (Å²) in [6, 6.07) is 8.54. The first kappa shape index (κ1) is 16.1. The summed E-state index contributed by atoms with van der Waals surface area (Å²) >= 11 is 5.75. The number of anilines is 1. The van der Waals surface area contributed by atoms with Crippen LogP contribution in [0.1, 0.15) is 54.4 Å². The molecule has 3 aromatic rings. The molecule has 2 aromatic heterocycles. The molecule has 0 spiro atoms. The molecule has 128 valence electrons. The number of nitrogens with two attached hydrogens (primary N) is 1. The molecule has 0 unspecified atom stereocenters. The van der Waals surface area contributed by atoms with Crippen molar-refractivity contribution in [3.8, 4) is 0 Å². The van der Waals surface area contributed by atoms with Crippen molar-refractivity contribution in [2.45, 2.75) is 45.6 Å². The second-order valence-corrected chi connectivity index (χ2v) is 7.19. The van der Waals surface area contributed by atoms with Gasteiger partial charge in [-0.15, -0.1) is 0 Å². The SMILES string of the molecule is Cc1ccc(C(=S)c2nn(C3CCCC3)c3nc(C)nc(N)c23)cc1. The van der Waals surface area contributed by atoms with Gasteiger partial charge in [-0.3, -0.25) is 0 Å². The molecule has 25 heavy (non-hydrogen) atoms. The number of rotatable bonds is 3. The van der Waals surface area contributed by atoms with Crippen molar-refractivity contribution in [3.05, 3.63) is 46.9 Å². The highest BCUT2D eigenvalue weighted by Gasteiger charge is 2.26. The number of hydrogen-bond donors (Lipinski definition) is 1. The van der Waals surface area contributed by atoms with Gasteiger partial charge >= 0.3 is 0 Å². The molecular formula is C19H21N5S. The summed E-state index contributed by atoms with van der Waals surface area (Å²) in [4.78, 5) is 9.68. The predicted molar refractivity (Wildman–Crippen MR) is 104 cm³/mol. The van der Waals surface area contributed by atoms with E-state index in [2.05, 4.69) is 29.0 Å². The van der Waals surface area contributed by atoms with Crippen molar-refractivity contribution in [2.75, 3.05) is 5.73 Å². The summed E-state index contributed by atoms with van der Waals surface area (Å²) in [5.74, 6) is 1.12. The van der Waals surface area contributed by atoms with Crippen molar-refractivity contribution in [1.82, 2.24) is 19.7 Å². The number of aryl methyl sites for hydroxylation is 2. The fourth-order valence-electron chi connectivity index (χ4n) is 3.58. The molecule has 1 aromatic carbocycles. The third kappa shape index (κ3) is 2.80. The first-order chi connectivity index (χ1) is 12.0. The smallest absolute Gasteiger partial charge is 0.164 e. The van der Waals surface area contributed by atoms with Gasteiger partial charge in [-0.1, -0.05) is 54.9 Å². The zero-order chi connectivity index (χ0) is 17.6. The lowest BCUT2D eigenvalue weighted by molar-refractivity contribution is 0.477. The largest absolute Gasteiger partial charge is 0.383 e. The third-order valence-corrected chi connectivity index (χ3v) is 5.32. The van der Waals surface area contributed by atoms with Crippen molar-refractivity contribution < 1.29 is 0 Å². The van der Waals surface area contributed by atoms with E-state index in [-0.39, 0.29) is 0 Å². The van der Waals surface area contributed by atoms with E-state index >= 15 is 0 Å². The van der Waals surface area contributed by atoms with E-state index in [0.717, 1.165) is 35.1 Å². The lowest BCUT2D eigenvalue weighted by Gasteiger charge is -2.10. The lowest BCUT2D eigenvalue weighted by atomic mass is 10.1. The monoisotopic (exact) mass is 351 g/mol. The second-order valence-electron chi connectivity index (χ2n) is 6.78. The van der Waals surface area contributed by atoms with Crippen LogP contribution in [0.4, 0.5) is 5.82 Å². The van der Waals surface area contributed by atoms with Crippen LogP contribution in [0.15, 0.2) is 24.3 Å². The molecule has 2 heterocycles. The molecule has 2 N–H and O–H groups in total. The molecule has 4 rings (SSSR count). The van der Waals surface area contributed by atoms with Crippen LogP contribution in [0.5, 0.6) is 0 Å². The fraction of sp³-hybridized carbons (Fsp3) is 0.368. The van der Waals surface area contributed by atoms with E-state index in [0.29, 0.717) is 22.5 Å². The van der Waals surface area contributed by atoms with Gasteiger partial charge in [-0.25, -0.2) is 14.6 Å². The molecule has 0 amide bonds. The minimum atomic E-state index is 0.366. The molecular weight excluding hydrogens is 330 g/mol. The van der Waals surface area contributed by atoms with E-state index in [1.165, 1.54) is 18.4 Å². The zero-order valence-corrected chi connectivity index (χ0v) is 15.3. The van der Waals surface area contributed by atoms with Gasteiger partial charge < -0.3 is 5.73 Å². The molecule has 6 heteroatoms. The number of hydrogen-bond acceptors (Lipinski definition) is 5. The third-order valence-electron chi connectivity index (χ3n) is 4.89. The van der Waals surface area contributed by atoms with Crippen LogP contribution in [-0.4, -0.2) is 24.6 Å². The van der Waals surface area contributed by atoms with Gasteiger partial charge in [0.1, 0.15) is 17.3 Å². The maximum absolute atomic E-state index is 6.25. The highest BCUT2D eigenvalue weighted by Crippen LogP contribution is 2.34. The first-order valence-corrected chi connectivity index (χ1v) is 9.09. The van der Waals surface area contributed by atoms with Crippen LogP contribution < -0.4 is 5.73 Å². The number of thiocarbonyl (C=S) groups is 1. The second kappa shape index (κ2) is 6.19. The standard InChI is InChI=1S/C19H21N5S/c1-11-7-9-13(10-8-11)17(25)16-15-18(20)21-12(2)22-19(15)24(23-16)14-5-3-4-6-14/h7-10,14H,3-6H2,1-2H3,(H2,20,21,22). The number of nitrogen functional groups attached to an aromatic ring is 1. The van der Waals surface area contributed by atoms with Crippen LogP contribution in [0.3, 0.4) is 0 Å².